The van der Waals surface area contributed by atoms with Crippen LogP contribution in [0.15, 0.2) is 35.1 Å². The van der Waals surface area contributed by atoms with E-state index in [-0.39, 0.29) is 11.3 Å². The van der Waals surface area contributed by atoms with Gasteiger partial charge in [0.05, 0.1) is 17.4 Å². The summed E-state index contributed by atoms with van der Waals surface area (Å²) >= 11 is 3.08. The number of hydrogen-bond acceptors (Lipinski definition) is 2. The van der Waals surface area contributed by atoms with E-state index in [2.05, 4.69) is 26.3 Å². The van der Waals surface area contributed by atoms with Crippen LogP contribution in [-0.2, 0) is 6.54 Å². The maximum Gasteiger partial charge on any atom is 0.257 e. The molecule has 106 valence electrons. The Hall–Kier alpha value is -1.83. The molecule has 0 unspecified atom stereocenters. The van der Waals surface area contributed by atoms with Crippen LogP contribution >= 0.6 is 15.9 Å². The van der Waals surface area contributed by atoms with E-state index in [4.69, 9.17) is 0 Å². The molecule has 1 aromatic carbocycles. The molecule has 2 rings (SSSR count). The third-order valence-electron chi connectivity index (χ3n) is 2.39. The monoisotopic (exact) mass is 347 g/mol. The van der Waals surface area contributed by atoms with Crippen molar-refractivity contribution in [3.8, 4) is 0 Å². The van der Waals surface area contributed by atoms with Crippen LogP contribution in [0.4, 0.5) is 18.9 Å². The highest BCUT2D eigenvalue weighted by atomic mass is 79.9. The lowest BCUT2D eigenvalue weighted by Gasteiger charge is -2.04. The van der Waals surface area contributed by atoms with Gasteiger partial charge in [-0.25, -0.2) is 13.2 Å². The van der Waals surface area contributed by atoms with Crippen molar-refractivity contribution >= 4 is 27.5 Å². The summed E-state index contributed by atoms with van der Waals surface area (Å²) in [5.41, 5.74) is 0.514. The number of anilines is 1. The Kier molecular flexibility index (Phi) is 4.43. The van der Waals surface area contributed by atoms with Crippen LogP contribution in [0.25, 0.3) is 0 Å². The molecule has 2 aromatic rings. The van der Waals surface area contributed by atoms with E-state index < -0.39 is 24.7 Å². The zero-order valence-corrected chi connectivity index (χ0v) is 11.6. The van der Waals surface area contributed by atoms with Gasteiger partial charge in [0.2, 0.25) is 0 Å². The molecule has 1 aromatic heterocycles. The predicted molar refractivity (Wildman–Crippen MR) is 70.3 cm³/mol. The minimum atomic E-state index is -2.52. The first kappa shape index (κ1) is 14.6. The molecule has 0 radical (unpaired) electrons. The Morgan fingerprint density at radius 1 is 1.45 bits per heavy atom. The molecule has 0 aliphatic carbocycles. The average molecular weight is 348 g/mol. The number of nitrogens with zero attached hydrogens (tertiary/aromatic N) is 2. The molecule has 0 atom stereocenters. The zero-order valence-electron chi connectivity index (χ0n) is 9.99. The molecule has 1 heterocycles. The molecule has 0 saturated heterocycles. The molecule has 0 saturated carbocycles. The van der Waals surface area contributed by atoms with Gasteiger partial charge in [0.25, 0.3) is 12.3 Å². The topological polar surface area (TPSA) is 46.9 Å². The lowest BCUT2D eigenvalue weighted by atomic mass is 10.2. The molecule has 4 nitrogen and oxygen atoms in total. The van der Waals surface area contributed by atoms with Gasteiger partial charge in [0.15, 0.2) is 0 Å². The van der Waals surface area contributed by atoms with Gasteiger partial charge in [-0.3, -0.25) is 9.48 Å². The fourth-order valence-electron chi connectivity index (χ4n) is 1.54. The molecule has 20 heavy (non-hydrogen) atoms. The van der Waals surface area contributed by atoms with Gasteiger partial charge < -0.3 is 5.32 Å². The molecule has 0 aliphatic rings. The predicted octanol–water partition coefficient (Wildman–Crippen LogP) is 3.30. The smallest absolute Gasteiger partial charge is 0.257 e. The minimum absolute atomic E-state index is 0.230. The van der Waals surface area contributed by atoms with Gasteiger partial charge in [-0.05, 0) is 34.1 Å². The van der Waals surface area contributed by atoms with Gasteiger partial charge in [-0.2, -0.15) is 5.10 Å². The Balaban J connectivity index is 2.09. The van der Waals surface area contributed by atoms with Crippen molar-refractivity contribution in [2.45, 2.75) is 13.0 Å². The summed E-state index contributed by atoms with van der Waals surface area (Å²) < 4.78 is 38.6. The molecular weight excluding hydrogens is 339 g/mol. The Morgan fingerprint density at radius 2 is 2.20 bits per heavy atom. The largest absolute Gasteiger partial charge is 0.319 e. The van der Waals surface area contributed by atoms with Crippen LogP contribution in [0.3, 0.4) is 0 Å². The Bertz CT molecular complexity index is 630. The molecule has 0 spiro atoms. The highest BCUT2D eigenvalue weighted by Gasteiger charge is 2.12. The highest BCUT2D eigenvalue weighted by molar-refractivity contribution is 9.10. The van der Waals surface area contributed by atoms with Crippen LogP contribution in [0, 0.1) is 5.82 Å². The van der Waals surface area contributed by atoms with Gasteiger partial charge >= 0.3 is 0 Å². The molecule has 1 amide bonds. The van der Waals surface area contributed by atoms with E-state index in [0.717, 1.165) is 16.8 Å². The summed E-state index contributed by atoms with van der Waals surface area (Å²) in [6.07, 6.45) is 0.0313. The molecule has 0 bridgehead atoms. The maximum absolute atomic E-state index is 12.9. The molecular formula is C12H9BrF3N3O. The number of rotatable bonds is 4. The molecule has 0 aliphatic heterocycles. The number of amides is 1. The Morgan fingerprint density at radius 3 is 2.85 bits per heavy atom. The number of hydrogen-bond donors (Lipinski definition) is 1. The van der Waals surface area contributed by atoms with Crippen molar-refractivity contribution in [1.82, 2.24) is 9.78 Å². The van der Waals surface area contributed by atoms with E-state index in [1.165, 1.54) is 18.5 Å². The fraction of sp³-hybridized carbons (Fsp3) is 0.167. The van der Waals surface area contributed by atoms with Crippen LogP contribution in [0.1, 0.15) is 10.4 Å². The van der Waals surface area contributed by atoms with Gasteiger partial charge in [-0.1, -0.05) is 0 Å². The Labute approximate surface area is 120 Å². The van der Waals surface area contributed by atoms with Crippen LogP contribution in [0.5, 0.6) is 0 Å². The second-order valence-corrected chi connectivity index (χ2v) is 4.77. The van der Waals surface area contributed by atoms with Crippen molar-refractivity contribution in [1.29, 1.82) is 0 Å². The number of carbonyl (C=O) groups is 1. The van der Waals surface area contributed by atoms with Crippen LogP contribution in [0.2, 0.25) is 0 Å². The summed E-state index contributed by atoms with van der Waals surface area (Å²) in [5.74, 6) is -0.966. The fourth-order valence-corrected chi connectivity index (χ4v) is 2.07. The van der Waals surface area contributed by atoms with Crippen molar-refractivity contribution in [2.24, 2.45) is 0 Å². The second kappa shape index (κ2) is 6.08. The van der Waals surface area contributed by atoms with Crippen molar-refractivity contribution in [3.63, 3.8) is 0 Å². The summed E-state index contributed by atoms with van der Waals surface area (Å²) in [7, 11) is 0. The highest BCUT2D eigenvalue weighted by Crippen LogP contribution is 2.19. The number of carbonyl (C=O) groups excluding carboxylic acids is 1. The van der Waals surface area contributed by atoms with Crippen molar-refractivity contribution < 1.29 is 18.0 Å². The summed E-state index contributed by atoms with van der Waals surface area (Å²) in [6, 6.07) is 3.63. The van der Waals surface area contributed by atoms with E-state index in [1.807, 2.05) is 0 Å². The van der Waals surface area contributed by atoms with E-state index >= 15 is 0 Å². The first-order valence-corrected chi connectivity index (χ1v) is 6.32. The molecule has 8 heteroatoms. The number of nitrogens with one attached hydrogen (secondary N) is 1. The number of alkyl halides is 2. The van der Waals surface area contributed by atoms with Crippen LogP contribution < -0.4 is 5.32 Å². The van der Waals surface area contributed by atoms with E-state index in [9.17, 15) is 18.0 Å². The number of halogens is 4. The van der Waals surface area contributed by atoms with Gasteiger partial charge in [-0.15, -0.1) is 0 Å². The normalized spacial score (nSPS) is 10.8. The van der Waals surface area contributed by atoms with E-state index in [1.54, 1.807) is 0 Å². The van der Waals surface area contributed by atoms with Gasteiger partial charge in [0.1, 0.15) is 12.4 Å². The lowest BCUT2D eigenvalue weighted by molar-refractivity contribution is 0.102. The zero-order chi connectivity index (χ0) is 14.7. The first-order chi connectivity index (χ1) is 9.45. The number of aromatic nitrogens is 2. The third-order valence-corrected chi connectivity index (χ3v) is 3.05. The molecule has 1 N–H and O–H groups in total. The van der Waals surface area contributed by atoms with Gasteiger partial charge in [0, 0.05) is 10.7 Å². The summed E-state index contributed by atoms with van der Waals surface area (Å²) in [4.78, 5) is 11.9. The lowest BCUT2D eigenvalue weighted by Crippen LogP contribution is -2.12. The van der Waals surface area contributed by atoms with Crippen molar-refractivity contribution in [2.75, 3.05) is 5.32 Å². The average Bonchev–Trinajstić information content (AvgIpc) is 2.75. The third kappa shape index (κ3) is 3.60. The van der Waals surface area contributed by atoms with Crippen molar-refractivity contribution in [3.05, 3.63) is 46.4 Å². The quantitative estimate of drug-likeness (QED) is 0.922. The first-order valence-electron chi connectivity index (χ1n) is 5.52. The second-order valence-electron chi connectivity index (χ2n) is 3.92. The van der Waals surface area contributed by atoms with Crippen LogP contribution in [-0.4, -0.2) is 22.1 Å². The maximum atomic E-state index is 12.9. The standard InChI is InChI=1S/C12H9BrF3N3O/c13-10-3-7(14)1-2-9(10)12(20)18-8-4-17-19(5-8)6-11(15)16/h1-5,11H,6H2,(H,18,20). The molecule has 0 fully saturated rings. The number of benzene rings is 1. The minimum Gasteiger partial charge on any atom is -0.319 e. The summed E-state index contributed by atoms with van der Waals surface area (Å²) in [6.45, 7) is -0.546. The summed E-state index contributed by atoms with van der Waals surface area (Å²) in [5, 5.41) is 6.18. The SMILES string of the molecule is O=C(Nc1cnn(CC(F)F)c1)c1ccc(F)cc1Br. The van der Waals surface area contributed by atoms with E-state index in [0.29, 0.717) is 4.47 Å².